The lowest BCUT2D eigenvalue weighted by Crippen LogP contribution is -2.34. The minimum atomic E-state index is -3.52. The van der Waals surface area contributed by atoms with Crippen molar-refractivity contribution < 1.29 is 13.2 Å². The lowest BCUT2D eigenvalue weighted by Gasteiger charge is -2.08. The number of nitriles is 1. The molecule has 1 rings (SSSR count). The van der Waals surface area contributed by atoms with Gasteiger partial charge in [0.15, 0.2) is 0 Å². The van der Waals surface area contributed by atoms with Crippen LogP contribution in [0.2, 0.25) is 0 Å². The van der Waals surface area contributed by atoms with Crippen LogP contribution in [0.25, 0.3) is 0 Å². The minimum Gasteiger partial charge on any atom is -0.355 e. The molecule has 0 unspecified atom stereocenters. The lowest BCUT2D eigenvalue weighted by molar-refractivity contribution is -0.118. The topological polar surface area (TPSA) is 99.1 Å². The average Bonchev–Trinajstić information content (AvgIpc) is 2.35. The van der Waals surface area contributed by atoms with Crippen LogP contribution < -0.4 is 10.0 Å². The molecule has 0 aliphatic rings. The largest absolute Gasteiger partial charge is 0.355 e. The Morgan fingerprint density at radius 1 is 1.32 bits per heavy atom. The smallest absolute Gasteiger partial charge is 0.216 e. The van der Waals surface area contributed by atoms with Crippen molar-refractivity contribution in [1.82, 2.24) is 10.0 Å². The maximum Gasteiger partial charge on any atom is 0.216 e. The summed E-state index contributed by atoms with van der Waals surface area (Å²) in [6, 6.07) is 8.49. The van der Waals surface area contributed by atoms with Gasteiger partial charge < -0.3 is 5.32 Å². The van der Waals surface area contributed by atoms with Gasteiger partial charge in [-0.1, -0.05) is 18.2 Å². The molecule has 0 bridgehead atoms. The number of benzene rings is 1. The van der Waals surface area contributed by atoms with Crippen LogP contribution >= 0.6 is 0 Å². The Bertz CT molecular complexity index is 590. The first kappa shape index (κ1) is 15.1. The van der Waals surface area contributed by atoms with E-state index in [2.05, 4.69) is 10.0 Å². The molecule has 0 fully saturated rings. The number of carbonyl (C=O) groups excluding carboxylic acids is 1. The molecule has 6 nitrogen and oxygen atoms in total. The highest BCUT2D eigenvalue weighted by molar-refractivity contribution is 7.88. The van der Waals surface area contributed by atoms with Crippen molar-refractivity contribution in [3.63, 3.8) is 0 Å². The van der Waals surface area contributed by atoms with Crippen LogP contribution in [-0.4, -0.2) is 27.4 Å². The summed E-state index contributed by atoms with van der Waals surface area (Å²) >= 11 is 0. The van der Waals surface area contributed by atoms with Crippen molar-refractivity contribution in [3.8, 4) is 6.07 Å². The van der Waals surface area contributed by atoms with Gasteiger partial charge in [0.05, 0.1) is 17.4 Å². The molecule has 0 aromatic heterocycles. The van der Waals surface area contributed by atoms with Crippen LogP contribution in [0.15, 0.2) is 24.3 Å². The summed E-state index contributed by atoms with van der Waals surface area (Å²) in [7, 11) is -3.52. The molecule has 0 atom stereocenters. The Morgan fingerprint density at radius 2 is 2.00 bits per heavy atom. The van der Waals surface area contributed by atoms with E-state index in [1.54, 1.807) is 24.3 Å². The fraction of sp³-hybridized carbons (Fsp3) is 0.333. The van der Waals surface area contributed by atoms with Crippen molar-refractivity contribution >= 4 is 15.9 Å². The lowest BCUT2D eigenvalue weighted by atomic mass is 10.1. The second-order valence-electron chi connectivity index (χ2n) is 3.91. The van der Waals surface area contributed by atoms with Crippen LogP contribution in [-0.2, 0) is 20.6 Å². The van der Waals surface area contributed by atoms with E-state index < -0.39 is 10.0 Å². The van der Waals surface area contributed by atoms with Gasteiger partial charge in [-0.3, -0.25) is 4.79 Å². The Labute approximate surface area is 112 Å². The number of hydrogen-bond acceptors (Lipinski definition) is 4. The molecule has 0 aliphatic heterocycles. The molecular weight excluding hydrogens is 266 g/mol. The van der Waals surface area contributed by atoms with Gasteiger partial charge in [-0.15, -0.1) is 0 Å². The fourth-order valence-corrected chi connectivity index (χ4v) is 2.63. The van der Waals surface area contributed by atoms with Gasteiger partial charge >= 0.3 is 0 Å². The van der Waals surface area contributed by atoms with Crippen LogP contribution in [0.1, 0.15) is 18.1 Å². The third kappa shape index (κ3) is 5.50. The quantitative estimate of drug-likeness (QED) is 0.723. The minimum absolute atomic E-state index is 0.122. The van der Waals surface area contributed by atoms with Gasteiger partial charge in [0.25, 0.3) is 0 Å². The van der Waals surface area contributed by atoms with E-state index in [4.69, 9.17) is 5.26 Å². The molecular formula is C12H15N3O3S. The molecule has 1 aromatic rings. The third-order valence-corrected chi connectivity index (χ3v) is 3.64. The van der Waals surface area contributed by atoms with Gasteiger partial charge in [-0.25, -0.2) is 13.1 Å². The first-order valence-electron chi connectivity index (χ1n) is 5.64. The van der Waals surface area contributed by atoms with Crippen LogP contribution in [0.4, 0.5) is 0 Å². The normalized spacial score (nSPS) is 10.7. The van der Waals surface area contributed by atoms with Gasteiger partial charge in [-0.05, 0) is 11.6 Å². The van der Waals surface area contributed by atoms with Crippen LogP contribution in [0.5, 0.6) is 0 Å². The Balaban J connectivity index is 2.60. The van der Waals surface area contributed by atoms with E-state index in [-0.39, 0.29) is 24.7 Å². The predicted molar refractivity (Wildman–Crippen MR) is 70.5 cm³/mol. The molecule has 0 aliphatic carbocycles. The second-order valence-corrected chi connectivity index (χ2v) is 5.71. The summed E-state index contributed by atoms with van der Waals surface area (Å²) < 4.78 is 25.9. The summed E-state index contributed by atoms with van der Waals surface area (Å²) in [6.07, 6.45) is 0. The zero-order valence-electron chi connectivity index (χ0n) is 10.5. The molecule has 7 heteroatoms. The molecule has 2 N–H and O–H groups in total. The molecule has 0 radical (unpaired) electrons. The molecule has 0 spiro atoms. The van der Waals surface area contributed by atoms with E-state index in [1.807, 2.05) is 6.07 Å². The molecule has 102 valence electrons. The zero-order chi connectivity index (χ0) is 14.3. The summed E-state index contributed by atoms with van der Waals surface area (Å²) in [5, 5.41) is 11.4. The third-order valence-electron chi connectivity index (χ3n) is 2.30. The molecule has 1 amide bonds. The summed E-state index contributed by atoms with van der Waals surface area (Å²) in [4.78, 5) is 10.6. The number of rotatable bonds is 6. The average molecular weight is 281 g/mol. The molecule has 0 heterocycles. The highest BCUT2D eigenvalue weighted by atomic mass is 32.2. The standard InChI is InChI=1S/C12H15N3O3S/c1-10(16)14-6-7-15-19(17,18)9-12-5-3-2-4-11(12)8-13/h2-5,15H,6-7,9H2,1H3,(H,14,16). The molecule has 1 aromatic carbocycles. The van der Waals surface area contributed by atoms with E-state index in [0.717, 1.165) is 0 Å². The maximum atomic E-state index is 11.8. The fourth-order valence-electron chi connectivity index (χ4n) is 1.46. The molecule has 0 saturated heterocycles. The summed E-state index contributed by atoms with van der Waals surface area (Å²) in [5.74, 6) is -0.467. The van der Waals surface area contributed by atoms with E-state index >= 15 is 0 Å². The molecule has 0 saturated carbocycles. The number of carbonyl (C=O) groups is 1. The number of amides is 1. The number of nitrogens with zero attached hydrogens (tertiary/aromatic N) is 1. The predicted octanol–water partition coefficient (Wildman–Crippen LogP) is 0.114. The van der Waals surface area contributed by atoms with Crippen molar-refractivity contribution in [2.75, 3.05) is 13.1 Å². The zero-order valence-corrected chi connectivity index (χ0v) is 11.3. The van der Waals surface area contributed by atoms with Gasteiger partial charge in [-0.2, -0.15) is 5.26 Å². The van der Waals surface area contributed by atoms with Crippen LogP contribution in [0, 0.1) is 11.3 Å². The Kier molecular flexibility index (Phi) is 5.48. The second kappa shape index (κ2) is 6.87. The van der Waals surface area contributed by atoms with Gasteiger partial charge in [0.1, 0.15) is 0 Å². The van der Waals surface area contributed by atoms with Gasteiger partial charge in [0, 0.05) is 20.0 Å². The summed E-state index contributed by atoms with van der Waals surface area (Å²) in [6.45, 7) is 1.71. The Morgan fingerprint density at radius 3 is 2.63 bits per heavy atom. The highest BCUT2D eigenvalue weighted by Crippen LogP contribution is 2.10. The number of sulfonamides is 1. The molecule has 19 heavy (non-hydrogen) atoms. The number of hydrogen-bond donors (Lipinski definition) is 2. The van der Waals surface area contributed by atoms with E-state index in [1.165, 1.54) is 6.92 Å². The van der Waals surface area contributed by atoms with E-state index in [9.17, 15) is 13.2 Å². The van der Waals surface area contributed by atoms with E-state index in [0.29, 0.717) is 11.1 Å². The SMILES string of the molecule is CC(=O)NCCNS(=O)(=O)Cc1ccccc1C#N. The van der Waals surface area contributed by atoms with Gasteiger partial charge in [0.2, 0.25) is 15.9 Å². The monoisotopic (exact) mass is 281 g/mol. The van der Waals surface area contributed by atoms with Crippen molar-refractivity contribution in [2.24, 2.45) is 0 Å². The first-order valence-corrected chi connectivity index (χ1v) is 7.29. The maximum absolute atomic E-state index is 11.8. The highest BCUT2D eigenvalue weighted by Gasteiger charge is 2.13. The van der Waals surface area contributed by atoms with Crippen molar-refractivity contribution in [2.45, 2.75) is 12.7 Å². The summed E-state index contributed by atoms with van der Waals surface area (Å²) in [5.41, 5.74) is 0.798. The van der Waals surface area contributed by atoms with Crippen molar-refractivity contribution in [1.29, 1.82) is 5.26 Å². The number of nitrogens with one attached hydrogen (secondary N) is 2. The Hall–Kier alpha value is -1.91. The van der Waals surface area contributed by atoms with Crippen molar-refractivity contribution in [3.05, 3.63) is 35.4 Å². The van der Waals surface area contributed by atoms with Crippen LogP contribution in [0.3, 0.4) is 0 Å². The first-order chi connectivity index (χ1) is 8.94.